The summed E-state index contributed by atoms with van der Waals surface area (Å²) in [5.41, 5.74) is 1.03. The van der Waals surface area contributed by atoms with Crippen LogP contribution in [0.4, 0.5) is 0 Å². The number of fused-ring (bicyclic) bond motifs is 1. The van der Waals surface area contributed by atoms with Gasteiger partial charge in [-0.15, -0.1) is 0 Å². The molecule has 2 rings (SSSR count). The van der Waals surface area contributed by atoms with E-state index in [1.165, 1.54) is 0 Å². The van der Waals surface area contributed by atoms with Gasteiger partial charge in [0.15, 0.2) is 0 Å². The van der Waals surface area contributed by atoms with Crippen molar-refractivity contribution in [3.8, 4) is 0 Å². The second-order valence-corrected chi connectivity index (χ2v) is 4.78. The van der Waals surface area contributed by atoms with Gasteiger partial charge < -0.3 is 9.67 Å². The minimum atomic E-state index is -0.870. The summed E-state index contributed by atoms with van der Waals surface area (Å²) in [6, 6.07) is 7.87. The third-order valence-corrected chi connectivity index (χ3v) is 3.34. The molecule has 1 N–H and O–H groups in total. The quantitative estimate of drug-likeness (QED) is 0.882. The summed E-state index contributed by atoms with van der Waals surface area (Å²) in [5, 5.41) is 10.4. The monoisotopic (exact) mass is 231 g/mol. The summed E-state index contributed by atoms with van der Waals surface area (Å²) < 4.78 is 2.09. The maximum absolute atomic E-state index is 11.4. The van der Waals surface area contributed by atoms with E-state index in [-0.39, 0.29) is 0 Å². The highest BCUT2D eigenvalue weighted by Gasteiger charge is 2.31. The Kier molecular flexibility index (Phi) is 2.69. The van der Waals surface area contributed by atoms with E-state index in [1.54, 1.807) is 13.8 Å². The molecule has 0 fully saturated rings. The lowest BCUT2D eigenvalue weighted by molar-refractivity contribution is -0.142. The van der Waals surface area contributed by atoms with Crippen molar-refractivity contribution in [2.45, 2.75) is 32.7 Å². The second-order valence-electron chi connectivity index (χ2n) is 4.78. The van der Waals surface area contributed by atoms with Crippen LogP contribution in [0.1, 0.15) is 26.3 Å². The smallest absolute Gasteiger partial charge is 0.313 e. The van der Waals surface area contributed by atoms with E-state index in [0.717, 1.165) is 23.0 Å². The molecule has 3 nitrogen and oxygen atoms in total. The summed E-state index contributed by atoms with van der Waals surface area (Å²) in [7, 11) is 0. The van der Waals surface area contributed by atoms with Crippen LogP contribution in [0.3, 0.4) is 0 Å². The SMILES string of the molecule is CCn1ccc2cccc(C(C)(C)C(=O)O)c21. The van der Waals surface area contributed by atoms with Gasteiger partial charge in [-0.1, -0.05) is 18.2 Å². The van der Waals surface area contributed by atoms with Crippen molar-refractivity contribution in [2.75, 3.05) is 0 Å². The third-order valence-electron chi connectivity index (χ3n) is 3.34. The van der Waals surface area contributed by atoms with E-state index in [4.69, 9.17) is 0 Å². The van der Waals surface area contributed by atoms with Gasteiger partial charge in [0.05, 0.1) is 10.9 Å². The number of rotatable bonds is 3. The van der Waals surface area contributed by atoms with Crippen molar-refractivity contribution in [1.29, 1.82) is 0 Å². The number of carboxylic acid groups (broad SMARTS) is 1. The molecule has 17 heavy (non-hydrogen) atoms. The van der Waals surface area contributed by atoms with Crippen molar-refractivity contribution in [3.05, 3.63) is 36.0 Å². The van der Waals surface area contributed by atoms with Gasteiger partial charge in [0.2, 0.25) is 0 Å². The zero-order chi connectivity index (χ0) is 12.6. The summed E-state index contributed by atoms with van der Waals surface area (Å²) >= 11 is 0. The fourth-order valence-electron chi connectivity index (χ4n) is 2.14. The maximum atomic E-state index is 11.4. The predicted octanol–water partition coefficient (Wildman–Crippen LogP) is 3.02. The van der Waals surface area contributed by atoms with Crippen molar-refractivity contribution in [1.82, 2.24) is 4.57 Å². The fraction of sp³-hybridized carbons (Fsp3) is 0.357. The molecule has 0 aliphatic carbocycles. The standard InChI is InChI=1S/C14H17NO2/c1-4-15-9-8-10-6-5-7-11(12(10)15)14(2,3)13(16)17/h5-9H,4H2,1-3H3,(H,16,17). The lowest BCUT2D eigenvalue weighted by Crippen LogP contribution is -2.29. The molecule has 0 unspecified atom stereocenters. The second kappa shape index (κ2) is 3.91. The Labute approximate surface area is 101 Å². The topological polar surface area (TPSA) is 42.2 Å². The van der Waals surface area contributed by atoms with E-state index in [1.807, 2.05) is 30.5 Å². The molecule has 0 saturated carbocycles. The number of hydrogen-bond donors (Lipinski definition) is 1. The van der Waals surface area contributed by atoms with E-state index in [0.29, 0.717) is 0 Å². The molecule has 0 bridgehead atoms. The normalized spacial score (nSPS) is 11.9. The Morgan fingerprint density at radius 1 is 1.35 bits per heavy atom. The molecule has 0 radical (unpaired) electrons. The van der Waals surface area contributed by atoms with Crippen molar-refractivity contribution in [3.63, 3.8) is 0 Å². The van der Waals surface area contributed by atoms with Gasteiger partial charge >= 0.3 is 5.97 Å². The van der Waals surface area contributed by atoms with E-state index >= 15 is 0 Å². The number of para-hydroxylation sites is 1. The largest absolute Gasteiger partial charge is 0.481 e. The van der Waals surface area contributed by atoms with Gasteiger partial charge in [-0.2, -0.15) is 0 Å². The number of aromatic nitrogens is 1. The van der Waals surface area contributed by atoms with Crippen LogP contribution < -0.4 is 0 Å². The average molecular weight is 231 g/mol. The molecular weight excluding hydrogens is 214 g/mol. The van der Waals surface area contributed by atoms with E-state index in [2.05, 4.69) is 11.5 Å². The molecule has 3 heteroatoms. The van der Waals surface area contributed by atoms with Gasteiger partial charge in [0.1, 0.15) is 0 Å². The molecule has 2 aromatic rings. The minimum absolute atomic E-state index is 0.797. The molecule has 1 aromatic heterocycles. The Morgan fingerprint density at radius 2 is 2.06 bits per heavy atom. The van der Waals surface area contributed by atoms with Crippen LogP contribution in [-0.4, -0.2) is 15.6 Å². The zero-order valence-electron chi connectivity index (χ0n) is 10.4. The Morgan fingerprint density at radius 3 is 2.65 bits per heavy atom. The molecule has 0 aliphatic heterocycles. The number of nitrogens with zero attached hydrogens (tertiary/aromatic N) is 1. The Bertz CT molecular complexity index is 567. The number of benzene rings is 1. The molecule has 1 heterocycles. The highest BCUT2D eigenvalue weighted by Crippen LogP contribution is 2.31. The molecule has 0 atom stereocenters. The van der Waals surface area contributed by atoms with E-state index in [9.17, 15) is 9.90 Å². The van der Waals surface area contributed by atoms with Gasteiger partial charge in [-0.3, -0.25) is 4.79 Å². The van der Waals surface area contributed by atoms with Crippen molar-refractivity contribution in [2.24, 2.45) is 0 Å². The van der Waals surface area contributed by atoms with Crippen LogP contribution in [0.5, 0.6) is 0 Å². The molecule has 0 aliphatic rings. The molecular formula is C14H17NO2. The highest BCUT2D eigenvalue weighted by molar-refractivity contribution is 5.91. The summed E-state index contributed by atoms with van der Waals surface area (Å²) in [6.45, 7) is 6.40. The molecule has 90 valence electrons. The van der Waals surface area contributed by atoms with Crippen LogP contribution in [-0.2, 0) is 16.8 Å². The van der Waals surface area contributed by atoms with Crippen LogP contribution in [0.2, 0.25) is 0 Å². The molecule has 0 spiro atoms. The summed E-state index contributed by atoms with van der Waals surface area (Å²) in [6.07, 6.45) is 2.01. The first-order chi connectivity index (χ1) is 7.98. The van der Waals surface area contributed by atoms with Crippen LogP contribution >= 0.6 is 0 Å². The maximum Gasteiger partial charge on any atom is 0.313 e. The Hall–Kier alpha value is -1.77. The third kappa shape index (κ3) is 1.71. The highest BCUT2D eigenvalue weighted by atomic mass is 16.4. The first-order valence-electron chi connectivity index (χ1n) is 5.80. The van der Waals surface area contributed by atoms with E-state index < -0.39 is 11.4 Å². The molecule has 1 aromatic carbocycles. The van der Waals surface area contributed by atoms with Crippen molar-refractivity contribution >= 4 is 16.9 Å². The van der Waals surface area contributed by atoms with Gasteiger partial charge in [0, 0.05) is 12.7 Å². The van der Waals surface area contributed by atoms with Crippen LogP contribution in [0, 0.1) is 0 Å². The fourth-order valence-corrected chi connectivity index (χ4v) is 2.14. The Balaban J connectivity index is 2.77. The molecule has 0 amide bonds. The van der Waals surface area contributed by atoms with Gasteiger partial charge in [-0.05, 0) is 37.8 Å². The number of aliphatic carboxylic acids is 1. The first-order valence-corrected chi connectivity index (χ1v) is 5.80. The van der Waals surface area contributed by atoms with Gasteiger partial charge in [-0.25, -0.2) is 0 Å². The number of carboxylic acids is 1. The lowest BCUT2D eigenvalue weighted by atomic mass is 9.83. The average Bonchev–Trinajstić information content (AvgIpc) is 2.71. The first kappa shape index (κ1) is 11.7. The van der Waals surface area contributed by atoms with Crippen molar-refractivity contribution < 1.29 is 9.90 Å². The molecule has 0 saturated heterocycles. The number of carbonyl (C=O) groups is 1. The predicted molar refractivity (Wildman–Crippen MR) is 68.3 cm³/mol. The summed E-state index contributed by atoms with van der Waals surface area (Å²) in [5.74, 6) is -0.797. The number of aryl methyl sites for hydroxylation is 1. The van der Waals surface area contributed by atoms with Crippen LogP contribution in [0.25, 0.3) is 10.9 Å². The lowest BCUT2D eigenvalue weighted by Gasteiger charge is -2.21. The van der Waals surface area contributed by atoms with Crippen LogP contribution in [0.15, 0.2) is 30.5 Å². The van der Waals surface area contributed by atoms with Gasteiger partial charge in [0.25, 0.3) is 0 Å². The minimum Gasteiger partial charge on any atom is -0.481 e. The zero-order valence-corrected chi connectivity index (χ0v) is 10.4. The summed E-state index contributed by atoms with van der Waals surface area (Å²) in [4.78, 5) is 11.4. The number of hydrogen-bond acceptors (Lipinski definition) is 1.